The molecule has 0 radical (unpaired) electrons. The first-order valence-electron chi connectivity index (χ1n) is 9.31. The largest absolute Gasteiger partial charge is 0.489 e. The Morgan fingerprint density at radius 2 is 1.43 bits per heavy atom. The highest BCUT2D eigenvalue weighted by Crippen LogP contribution is 2.21. The first kappa shape index (κ1) is 19.6. The van der Waals surface area contributed by atoms with Crippen molar-refractivity contribution in [2.24, 2.45) is 0 Å². The molecule has 0 aliphatic rings. The summed E-state index contributed by atoms with van der Waals surface area (Å²) in [6.07, 6.45) is 0.227. The standard InChI is InChI=1S/C24H24O4/c25-16-22(18-28-24(26)15-19-7-3-1-4-8-19)21-11-13-23(14-12-21)27-17-20-9-5-2-6-10-20/h1-14,22,25H,15-18H2. The highest BCUT2D eigenvalue weighted by molar-refractivity contribution is 5.72. The molecule has 0 spiro atoms. The van der Waals surface area contributed by atoms with Crippen LogP contribution < -0.4 is 4.74 Å². The number of aliphatic hydroxyl groups is 1. The quantitative estimate of drug-likeness (QED) is 0.571. The molecular formula is C24H24O4. The molecule has 1 unspecified atom stereocenters. The van der Waals surface area contributed by atoms with E-state index in [1.54, 1.807) is 0 Å². The smallest absolute Gasteiger partial charge is 0.310 e. The molecule has 0 heterocycles. The second-order valence-electron chi connectivity index (χ2n) is 6.57. The lowest BCUT2D eigenvalue weighted by Crippen LogP contribution is -2.17. The van der Waals surface area contributed by atoms with Crippen LogP contribution in [0.15, 0.2) is 84.9 Å². The van der Waals surface area contributed by atoms with E-state index in [-0.39, 0.29) is 31.5 Å². The Kier molecular flexibility index (Phi) is 7.21. The minimum Gasteiger partial charge on any atom is -0.489 e. The number of rotatable bonds is 9. The van der Waals surface area contributed by atoms with E-state index in [0.29, 0.717) is 6.61 Å². The first-order chi connectivity index (χ1) is 13.7. The van der Waals surface area contributed by atoms with Crippen molar-refractivity contribution in [2.45, 2.75) is 18.9 Å². The number of aliphatic hydroxyl groups excluding tert-OH is 1. The van der Waals surface area contributed by atoms with Gasteiger partial charge in [-0.05, 0) is 28.8 Å². The maximum atomic E-state index is 12.0. The highest BCUT2D eigenvalue weighted by Gasteiger charge is 2.14. The van der Waals surface area contributed by atoms with Crippen LogP contribution in [0.1, 0.15) is 22.6 Å². The van der Waals surface area contributed by atoms with Crippen LogP contribution in [0.2, 0.25) is 0 Å². The zero-order valence-electron chi connectivity index (χ0n) is 15.7. The molecule has 0 bridgehead atoms. The zero-order valence-corrected chi connectivity index (χ0v) is 15.7. The summed E-state index contributed by atoms with van der Waals surface area (Å²) in [5.41, 5.74) is 2.92. The Morgan fingerprint density at radius 1 is 0.821 bits per heavy atom. The minimum atomic E-state index is -0.299. The monoisotopic (exact) mass is 376 g/mol. The molecule has 0 aliphatic carbocycles. The van der Waals surface area contributed by atoms with E-state index < -0.39 is 0 Å². The van der Waals surface area contributed by atoms with E-state index in [2.05, 4.69) is 0 Å². The molecular weight excluding hydrogens is 352 g/mol. The van der Waals surface area contributed by atoms with Crippen LogP contribution >= 0.6 is 0 Å². The van der Waals surface area contributed by atoms with Gasteiger partial charge in [-0.25, -0.2) is 0 Å². The summed E-state index contributed by atoms with van der Waals surface area (Å²) in [5, 5.41) is 9.68. The fraction of sp³-hybridized carbons (Fsp3) is 0.208. The van der Waals surface area contributed by atoms with Gasteiger partial charge in [-0.2, -0.15) is 0 Å². The third-order valence-electron chi connectivity index (χ3n) is 4.46. The molecule has 0 aromatic heterocycles. The highest BCUT2D eigenvalue weighted by atomic mass is 16.5. The normalized spacial score (nSPS) is 11.6. The average Bonchev–Trinajstić information content (AvgIpc) is 2.75. The predicted octanol–water partition coefficient (Wildman–Crippen LogP) is 4.13. The number of esters is 1. The van der Waals surface area contributed by atoms with Gasteiger partial charge in [0, 0.05) is 5.92 Å². The Labute approximate surface area is 165 Å². The van der Waals surface area contributed by atoms with Crippen molar-refractivity contribution in [1.82, 2.24) is 0 Å². The fourth-order valence-electron chi connectivity index (χ4n) is 2.84. The third kappa shape index (κ3) is 5.96. The van der Waals surface area contributed by atoms with Crippen molar-refractivity contribution in [2.75, 3.05) is 13.2 Å². The van der Waals surface area contributed by atoms with E-state index in [1.165, 1.54) is 0 Å². The second-order valence-corrected chi connectivity index (χ2v) is 6.57. The minimum absolute atomic E-state index is 0.0944. The van der Waals surface area contributed by atoms with Gasteiger partial charge in [-0.1, -0.05) is 72.8 Å². The summed E-state index contributed by atoms with van der Waals surface area (Å²) in [4.78, 5) is 12.0. The lowest BCUT2D eigenvalue weighted by Gasteiger charge is -2.16. The summed E-state index contributed by atoms with van der Waals surface area (Å²) in [6, 6.07) is 26.9. The molecule has 0 saturated carbocycles. The van der Waals surface area contributed by atoms with Crippen molar-refractivity contribution in [3.8, 4) is 5.75 Å². The zero-order chi connectivity index (χ0) is 19.6. The first-order valence-corrected chi connectivity index (χ1v) is 9.31. The number of carbonyl (C=O) groups excluding carboxylic acids is 1. The van der Waals surface area contributed by atoms with Gasteiger partial charge in [0.2, 0.25) is 0 Å². The molecule has 1 atom stereocenters. The maximum Gasteiger partial charge on any atom is 0.310 e. The van der Waals surface area contributed by atoms with Gasteiger partial charge < -0.3 is 14.6 Å². The van der Waals surface area contributed by atoms with E-state index in [1.807, 2.05) is 84.9 Å². The number of hydrogen-bond donors (Lipinski definition) is 1. The predicted molar refractivity (Wildman–Crippen MR) is 108 cm³/mol. The molecule has 4 nitrogen and oxygen atoms in total. The fourth-order valence-corrected chi connectivity index (χ4v) is 2.84. The van der Waals surface area contributed by atoms with Gasteiger partial charge in [0.1, 0.15) is 19.0 Å². The molecule has 3 aromatic rings. The maximum absolute atomic E-state index is 12.0. The van der Waals surface area contributed by atoms with Crippen LogP contribution in [-0.4, -0.2) is 24.3 Å². The number of hydrogen-bond acceptors (Lipinski definition) is 4. The van der Waals surface area contributed by atoms with Gasteiger partial charge >= 0.3 is 5.97 Å². The molecule has 0 aliphatic heterocycles. The number of ether oxygens (including phenoxy) is 2. The van der Waals surface area contributed by atoms with E-state index in [0.717, 1.165) is 22.4 Å². The van der Waals surface area contributed by atoms with Gasteiger partial charge in [0.15, 0.2) is 0 Å². The number of carbonyl (C=O) groups is 1. The molecule has 28 heavy (non-hydrogen) atoms. The van der Waals surface area contributed by atoms with Gasteiger partial charge in [0.05, 0.1) is 13.0 Å². The Balaban J connectivity index is 1.50. The van der Waals surface area contributed by atoms with Crippen molar-refractivity contribution in [1.29, 1.82) is 0 Å². The molecule has 0 saturated heterocycles. The third-order valence-corrected chi connectivity index (χ3v) is 4.46. The van der Waals surface area contributed by atoms with Crippen LogP contribution in [0.4, 0.5) is 0 Å². The summed E-state index contributed by atoms with van der Waals surface area (Å²) in [5.74, 6) is 0.195. The van der Waals surface area contributed by atoms with Crippen molar-refractivity contribution >= 4 is 5.97 Å². The molecule has 3 aromatic carbocycles. The molecule has 3 rings (SSSR count). The SMILES string of the molecule is O=C(Cc1ccccc1)OCC(CO)c1ccc(OCc2ccccc2)cc1. The lowest BCUT2D eigenvalue weighted by molar-refractivity contribution is -0.143. The second kappa shape index (κ2) is 10.3. The topological polar surface area (TPSA) is 55.8 Å². The Bertz CT molecular complexity index is 845. The van der Waals surface area contributed by atoms with Crippen LogP contribution in [0, 0.1) is 0 Å². The lowest BCUT2D eigenvalue weighted by atomic mass is 10.0. The van der Waals surface area contributed by atoms with Crippen molar-refractivity contribution in [3.05, 3.63) is 102 Å². The van der Waals surface area contributed by atoms with Crippen LogP contribution in [0.25, 0.3) is 0 Å². The van der Waals surface area contributed by atoms with Crippen LogP contribution in [0.3, 0.4) is 0 Å². The van der Waals surface area contributed by atoms with Gasteiger partial charge in [-0.3, -0.25) is 4.79 Å². The molecule has 4 heteroatoms. The summed E-state index contributed by atoms with van der Waals surface area (Å²) >= 11 is 0. The van der Waals surface area contributed by atoms with Crippen molar-refractivity contribution < 1.29 is 19.4 Å². The molecule has 1 N–H and O–H groups in total. The van der Waals surface area contributed by atoms with E-state index >= 15 is 0 Å². The Morgan fingerprint density at radius 3 is 2.04 bits per heavy atom. The molecule has 144 valence electrons. The summed E-state index contributed by atoms with van der Waals surface area (Å²) in [6.45, 7) is 0.552. The number of benzene rings is 3. The van der Waals surface area contributed by atoms with Gasteiger partial charge in [0.25, 0.3) is 0 Å². The van der Waals surface area contributed by atoms with E-state index in [9.17, 15) is 9.90 Å². The van der Waals surface area contributed by atoms with Gasteiger partial charge in [-0.15, -0.1) is 0 Å². The Hall–Kier alpha value is -3.11. The molecule has 0 amide bonds. The molecule has 0 fully saturated rings. The van der Waals surface area contributed by atoms with E-state index in [4.69, 9.17) is 9.47 Å². The van der Waals surface area contributed by atoms with Crippen LogP contribution in [0.5, 0.6) is 5.75 Å². The summed E-state index contributed by atoms with van der Waals surface area (Å²) < 4.78 is 11.1. The van der Waals surface area contributed by atoms with Crippen LogP contribution in [-0.2, 0) is 22.6 Å². The summed E-state index contributed by atoms with van der Waals surface area (Å²) in [7, 11) is 0. The average molecular weight is 376 g/mol. The van der Waals surface area contributed by atoms with Crippen molar-refractivity contribution in [3.63, 3.8) is 0 Å².